The predicted molar refractivity (Wildman–Crippen MR) is 72.0 cm³/mol. The van der Waals surface area contributed by atoms with Crippen LogP contribution in [0.5, 0.6) is 0 Å². The Kier molecular flexibility index (Phi) is 3.45. The number of nitriles is 1. The molecule has 0 radical (unpaired) electrons. The third-order valence-electron chi connectivity index (χ3n) is 3.07. The molecule has 0 aromatic heterocycles. The maximum absolute atomic E-state index is 9.21. The van der Waals surface area contributed by atoms with E-state index >= 15 is 0 Å². The molecule has 0 aliphatic heterocycles. The highest BCUT2D eigenvalue weighted by Gasteiger charge is 2.08. The van der Waals surface area contributed by atoms with E-state index < -0.39 is 0 Å². The molecule has 0 saturated heterocycles. The average molecular weight is 237 g/mol. The molecular formula is C16H15NO. The van der Waals surface area contributed by atoms with Gasteiger partial charge in [-0.3, -0.25) is 0 Å². The van der Waals surface area contributed by atoms with Crippen LogP contribution in [-0.4, -0.2) is 5.11 Å². The van der Waals surface area contributed by atoms with Gasteiger partial charge in [0, 0.05) is 5.56 Å². The first-order chi connectivity index (χ1) is 8.65. The van der Waals surface area contributed by atoms with Crippen molar-refractivity contribution in [1.82, 2.24) is 0 Å². The largest absolute Gasteiger partial charge is 0.392 e. The average Bonchev–Trinajstić information content (AvgIpc) is 2.40. The van der Waals surface area contributed by atoms with Gasteiger partial charge in [0.15, 0.2) is 0 Å². The monoisotopic (exact) mass is 237 g/mol. The Bertz CT molecular complexity index is 623. The number of hydrogen-bond donors (Lipinski definition) is 1. The third-order valence-corrected chi connectivity index (χ3v) is 3.07. The summed E-state index contributed by atoms with van der Waals surface area (Å²) in [6, 6.07) is 13.8. The predicted octanol–water partition coefficient (Wildman–Crippen LogP) is 3.33. The first kappa shape index (κ1) is 12.3. The summed E-state index contributed by atoms with van der Waals surface area (Å²) in [5.74, 6) is 0. The van der Waals surface area contributed by atoms with Crippen molar-refractivity contribution in [3.05, 3.63) is 58.7 Å². The SMILES string of the molecule is Cc1ccc(C)c(-c2cc(CO)ccc2C#N)c1. The van der Waals surface area contributed by atoms with Crippen molar-refractivity contribution < 1.29 is 5.11 Å². The molecule has 90 valence electrons. The molecule has 0 atom stereocenters. The van der Waals surface area contributed by atoms with Crippen molar-refractivity contribution >= 4 is 0 Å². The number of aliphatic hydroxyl groups excluding tert-OH is 1. The number of aryl methyl sites for hydroxylation is 2. The van der Waals surface area contributed by atoms with Crippen LogP contribution in [0.15, 0.2) is 36.4 Å². The highest BCUT2D eigenvalue weighted by Crippen LogP contribution is 2.28. The molecule has 0 spiro atoms. The van der Waals surface area contributed by atoms with E-state index in [9.17, 15) is 10.4 Å². The number of benzene rings is 2. The van der Waals surface area contributed by atoms with Crippen molar-refractivity contribution in [1.29, 1.82) is 5.26 Å². The molecule has 2 heteroatoms. The molecule has 2 aromatic carbocycles. The molecule has 0 amide bonds. The van der Waals surface area contributed by atoms with Gasteiger partial charge in [-0.1, -0.05) is 29.8 Å². The quantitative estimate of drug-likeness (QED) is 0.870. The van der Waals surface area contributed by atoms with E-state index in [4.69, 9.17) is 0 Å². The fourth-order valence-electron chi connectivity index (χ4n) is 2.04. The van der Waals surface area contributed by atoms with E-state index in [1.54, 1.807) is 12.1 Å². The number of nitrogens with zero attached hydrogens (tertiary/aromatic N) is 1. The molecule has 0 saturated carbocycles. The minimum absolute atomic E-state index is 0.0103. The molecular weight excluding hydrogens is 222 g/mol. The lowest BCUT2D eigenvalue weighted by Crippen LogP contribution is -1.92. The van der Waals surface area contributed by atoms with Gasteiger partial charge in [-0.05, 0) is 42.7 Å². The Morgan fingerprint density at radius 1 is 1.06 bits per heavy atom. The molecule has 1 N–H and O–H groups in total. The Balaban J connectivity index is 2.69. The summed E-state index contributed by atoms with van der Waals surface area (Å²) in [6.45, 7) is 4.05. The summed E-state index contributed by atoms with van der Waals surface area (Å²) < 4.78 is 0. The van der Waals surface area contributed by atoms with Gasteiger partial charge in [0.05, 0.1) is 18.2 Å². The van der Waals surface area contributed by atoms with Crippen LogP contribution in [0, 0.1) is 25.2 Å². The van der Waals surface area contributed by atoms with Gasteiger partial charge >= 0.3 is 0 Å². The van der Waals surface area contributed by atoms with Crippen molar-refractivity contribution in [3.63, 3.8) is 0 Å². The minimum Gasteiger partial charge on any atom is -0.392 e. The van der Waals surface area contributed by atoms with Crippen LogP contribution in [0.3, 0.4) is 0 Å². The van der Waals surface area contributed by atoms with Gasteiger partial charge in [0.2, 0.25) is 0 Å². The van der Waals surface area contributed by atoms with Gasteiger partial charge in [0.1, 0.15) is 0 Å². The lowest BCUT2D eigenvalue weighted by atomic mass is 9.93. The molecule has 0 bridgehead atoms. The van der Waals surface area contributed by atoms with Crippen molar-refractivity contribution in [3.8, 4) is 17.2 Å². The lowest BCUT2D eigenvalue weighted by Gasteiger charge is -2.10. The van der Waals surface area contributed by atoms with Gasteiger partial charge in [-0.2, -0.15) is 5.26 Å². The van der Waals surface area contributed by atoms with Crippen LogP contribution in [0.2, 0.25) is 0 Å². The van der Waals surface area contributed by atoms with Crippen molar-refractivity contribution in [2.24, 2.45) is 0 Å². The highest BCUT2D eigenvalue weighted by molar-refractivity contribution is 5.74. The molecule has 2 rings (SSSR count). The highest BCUT2D eigenvalue weighted by atomic mass is 16.3. The Labute approximate surface area is 107 Å². The smallest absolute Gasteiger partial charge is 0.0998 e. The molecule has 0 fully saturated rings. The van der Waals surface area contributed by atoms with Crippen molar-refractivity contribution in [2.75, 3.05) is 0 Å². The molecule has 0 aliphatic carbocycles. The van der Waals surface area contributed by atoms with Gasteiger partial charge in [0.25, 0.3) is 0 Å². The first-order valence-corrected chi connectivity index (χ1v) is 5.87. The van der Waals surface area contributed by atoms with Crippen LogP contribution < -0.4 is 0 Å². The number of rotatable bonds is 2. The van der Waals surface area contributed by atoms with Crippen LogP contribution in [-0.2, 0) is 6.61 Å². The molecule has 0 heterocycles. The number of hydrogen-bond acceptors (Lipinski definition) is 2. The summed E-state index contributed by atoms with van der Waals surface area (Å²) in [5.41, 5.74) is 5.71. The second kappa shape index (κ2) is 5.03. The first-order valence-electron chi connectivity index (χ1n) is 5.87. The lowest BCUT2D eigenvalue weighted by molar-refractivity contribution is 0.282. The maximum Gasteiger partial charge on any atom is 0.0998 e. The van der Waals surface area contributed by atoms with Gasteiger partial charge < -0.3 is 5.11 Å². The summed E-state index contributed by atoms with van der Waals surface area (Å²) in [6.07, 6.45) is 0. The van der Waals surface area contributed by atoms with Gasteiger partial charge in [-0.25, -0.2) is 0 Å². The second-order valence-corrected chi connectivity index (χ2v) is 4.47. The topological polar surface area (TPSA) is 44.0 Å². The standard InChI is InChI=1S/C16H15NO/c1-11-3-4-12(2)15(7-11)16-8-13(10-18)5-6-14(16)9-17/h3-8,18H,10H2,1-2H3. The van der Waals surface area contributed by atoms with Crippen LogP contribution >= 0.6 is 0 Å². The zero-order valence-corrected chi connectivity index (χ0v) is 10.6. The Hall–Kier alpha value is -2.11. The fraction of sp³-hybridized carbons (Fsp3) is 0.188. The van der Waals surface area contributed by atoms with E-state index in [1.807, 2.05) is 19.9 Å². The number of aliphatic hydroxyl groups is 1. The zero-order chi connectivity index (χ0) is 13.1. The normalized spacial score (nSPS) is 10.1. The van der Waals surface area contributed by atoms with Gasteiger partial charge in [-0.15, -0.1) is 0 Å². The molecule has 18 heavy (non-hydrogen) atoms. The maximum atomic E-state index is 9.21. The van der Waals surface area contributed by atoms with Crippen LogP contribution in [0.25, 0.3) is 11.1 Å². The molecule has 2 aromatic rings. The molecule has 2 nitrogen and oxygen atoms in total. The Morgan fingerprint density at radius 2 is 1.83 bits per heavy atom. The van der Waals surface area contributed by atoms with Crippen molar-refractivity contribution in [2.45, 2.75) is 20.5 Å². The molecule has 0 unspecified atom stereocenters. The van der Waals surface area contributed by atoms with E-state index in [-0.39, 0.29) is 6.61 Å². The minimum atomic E-state index is -0.0103. The van der Waals surface area contributed by atoms with E-state index in [0.29, 0.717) is 5.56 Å². The molecule has 0 aliphatic rings. The Morgan fingerprint density at radius 3 is 2.50 bits per heavy atom. The van der Waals surface area contributed by atoms with E-state index in [2.05, 4.69) is 24.3 Å². The third kappa shape index (κ3) is 2.27. The summed E-state index contributed by atoms with van der Waals surface area (Å²) in [7, 11) is 0. The van der Waals surface area contributed by atoms with E-state index in [1.165, 1.54) is 0 Å². The van der Waals surface area contributed by atoms with Crippen LogP contribution in [0.1, 0.15) is 22.3 Å². The summed E-state index contributed by atoms with van der Waals surface area (Å²) in [5, 5.41) is 18.4. The summed E-state index contributed by atoms with van der Waals surface area (Å²) in [4.78, 5) is 0. The summed E-state index contributed by atoms with van der Waals surface area (Å²) >= 11 is 0. The second-order valence-electron chi connectivity index (χ2n) is 4.47. The fourth-order valence-corrected chi connectivity index (χ4v) is 2.04. The zero-order valence-electron chi connectivity index (χ0n) is 10.6. The van der Waals surface area contributed by atoms with Crippen LogP contribution in [0.4, 0.5) is 0 Å². The van der Waals surface area contributed by atoms with E-state index in [0.717, 1.165) is 27.8 Å².